The molecular formula is C24H28N4O2S. The van der Waals surface area contributed by atoms with Crippen LogP contribution in [0.3, 0.4) is 0 Å². The molecule has 0 spiro atoms. The van der Waals surface area contributed by atoms with Gasteiger partial charge >= 0.3 is 0 Å². The number of nitrogens with zero attached hydrogens (tertiary/aromatic N) is 3. The fourth-order valence-electron chi connectivity index (χ4n) is 5.04. The molecule has 0 saturated carbocycles. The summed E-state index contributed by atoms with van der Waals surface area (Å²) in [4.78, 5) is 22.8. The second kappa shape index (κ2) is 8.55. The zero-order valence-electron chi connectivity index (χ0n) is 18.0. The lowest BCUT2D eigenvalue weighted by atomic mass is 9.97. The minimum atomic E-state index is 0.241. The first-order valence-corrected chi connectivity index (χ1v) is 11.9. The zero-order chi connectivity index (χ0) is 21.4. The fourth-order valence-corrected chi connectivity index (χ4v) is 5.94. The summed E-state index contributed by atoms with van der Waals surface area (Å²) in [6, 6.07) is 11.7. The first-order valence-electron chi connectivity index (χ1n) is 11.1. The van der Waals surface area contributed by atoms with Crippen LogP contribution in [0.5, 0.6) is 10.9 Å². The van der Waals surface area contributed by atoms with Crippen LogP contribution in [0.4, 0.5) is 0 Å². The lowest BCUT2D eigenvalue weighted by Gasteiger charge is -2.38. The maximum absolute atomic E-state index is 11.9. The van der Waals surface area contributed by atoms with Gasteiger partial charge in [0.15, 0.2) is 5.65 Å². The fraction of sp³-hybridized carbons (Fsp3) is 0.458. The third kappa shape index (κ3) is 4.43. The van der Waals surface area contributed by atoms with Gasteiger partial charge in [0.1, 0.15) is 5.75 Å². The summed E-state index contributed by atoms with van der Waals surface area (Å²) < 4.78 is 6.98. The van der Waals surface area contributed by atoms with Crippen LogP contribution in [-0.2, 0) is 11.2 Å². The van der Waals surface area contributed by atoms with Crippen LogP contribution in [0.2, 0.25) is 0 Å². The molecule has 2 aromatic heterocycles. The Morgan fingerprint density at radius 1 is 1.23 bits per heavy atom. The molecule has 4 heterocycles. The van der Waals surface area contributed by atoms with Crippen LogP contribution < -0.4 is 10.1 Å². The van der Waals surface area contributed by atoms with Crippen LogP contribution >= 0.6 is 11.3 Å². The second-order valence-electron chi connectivity index (χ2n) is 8.74. The molecule has 0 radical (unpaired) electrons. The Kier molecular flexibility index (Phi) is 5.63. The highest BCUT2D eigenvalue weighted by molar-refractivity contribution is 7.20. The normalized spacial score (nSPS) is 22.8. The third-order valence-electron chi connectivity index (χ3n) is 6.44. The van der Waals surface area contributed by atoms with Crippen LogP contribution in [0.25, 0.3) is 10.3 Å². The van der Waals surface area contributed by atoms with Gasteiger partial charge in [-0.25, -0.2) is 4.98 Å². The van der Waals surface area contributed by atoms with Gasteiger partial charge in [-0.2, -0.15) is 4.98 Å². The number of ether oxygens (including phenoxy) is 1. The number of hydrogen-bond acceptors (Lipinski definition) is 6. The number of amides is 1. The number of nitrogens with one attached hydrogen (secondary N) is 1. The third-order valence-corrected chi connectivity index (χ3v) is 7.31. The summed E-state index contributed by atoms with van der Waals surface area (Å²) in [7, 11) is 0. The predicted molar refractivity (Wildman–Crippen MR) is 123 cm³/mol. The molecule has 6 nitrogen and oxygen atoms in total. The summed E-state index contributed by atoms with van der Waals surface area (Å²) in [5, 5.41) is 4.34. The molecule has 31 heavy (non-hydrogen) atoms. The van der Waals surface area contributed by atoms with Crippen LogP contribution in [0.1, 0.15) is 43.7 Å². The molecule has 1 aromatic carbocycles. The van der Waals surface area contributed by atoms with Crippen molar-refractivity contribution in [3.05, 3.63) is 47.7 Å². The minimum absolute atomic E-state index is 0.241. The highest BCUT2D eigenvalue weighted by atomic mass is 32.1. The Bertz CT molecular complexity index is 1070. The Balaban J connectivity index is 1.12. The number of aryl methyl sites for hydroxylation is 1. The van der Waals surface area contributed by atoms with Gasteiger partial charge in [-0.3, -0.25) is 4.79 Å². The van der Waals surface area contributed by atoms with Crippen molar-refractivity contribution in [2.75, 3.05) is 6.54 Å². The molecule has 3 aromatic rings. The SMILES string of the molecule is CC(=O)N1[C@@H]2CC[C@H]1C[C@H](NCCc1ccc(Oc3nc4ncc(C)cc4s3)cc1)C2. The van der Waals surface area contributed by atoms with Gasteiger partial charge in [0.2, 0.25) is 5.91 Å². The van der Waals surface area contributed by atoms with E-state index in [1.807, 2.05) is 25.3 Å². The molecule has 5 rings (SSSR count). The molecule has 2 aliphatic heterocycles. The largest absolute Gasteiger partial charge is 0.431 e. The van der Waals surface area contributed by atoms with Crippen molar-refractivity contribution in [2.45, 2.75) is 64.1 Å². The van der Waals surface area contributed by atoms with E-state index in [0.717, 1.165) is 60.3 Å². The van der Waals surface area contributed by atoms with Gasteiger partial charge in [0, 0.05) is 31.2 Å². The highest BCUT2D eigenvalue weighted by Gasteiger charge is 2.41. The number of fused-ring (bicyclic) bond motifs is 3. The number of pyridine rings is 1. The number of aromatic nitrogens is 2. The van der Waals surface area contributed by atoms with Gasteiger partial charge in [-0.1, -0.05) is 23.5 Å². The molecule has 1 N–H and O–H groups in total. The van der Waals surface area contributed by atoms with Crippen molar-refractivity contribution < 1.29 is 9.53 Å². The molecule has 7 heteroatoms. The smallest absolute Gasteiger partial charge is 0.281 e. The number of carbonyl (C=O) groups is 1. The Morgan fingerprint density at radius 2 is 1.97 bits per heavy atom. The second-order valence-corrected chi connectivity index (χ2v) is 9.74. The number of benzene rings is 1. The van der Waals surface area contributed by atoms with E-state index in [1.165, 1.54) is 16.9 Å². The Morgan fingerprint density at radius 3 is 2.68 bits per heavy atom. The summed E-state index contributed by atoms with van der Waals surface area (Å²) in [6.07, 6.45) is 7.29. The van der Waals surface area contributed by atoms with Crippen molar-refractivity contribution in [3.63, 3.8) is 0 Å². The standard InChI is InChI=1S/C24H28N4O2S/c1-15-11-22-23(26-14-15)27-24(31-22)30-21-7-3-17(4-8-21)9-10-25-18-12-19-5-6-20(13-18)28(19)16(2)29/h3-4,7-8,11,14,18-20,25H,5-6,9-10,12-13H2,1-2H3/t18-,19-,20+. The summed E-state index contributed by atoms with van der Waals surface area (Å²) >= 11 is 1.52. The van der Waals surface area contributed by atoms with Crippen LogP contribution in [0.15, 0.2) is 36.5 Å². The van der Waals surface area contributed by atoms with Crippen LogP contribution in [0, 0.1) is 6.92 Å². The minimum Gasteiger partial charge on any atom is -0.431 e. The predicted octanol–water partition coefficient (Wildman–Crippen LogP) is 4.47. The van der Waals surface area contributed by atoms with Crippen molar-refractivity contribution >= 4 is 27.6 Å². The molecule has 2 aliphatic rings. The van der Waals surface area contributed by atoms with Gasteiger partial charge in [0.25, 0.3) is 5.19 Å². The lowest BCUT2D eigenvalue weighted by Crippen LogP contribution is -2.51. The molecule has 162 valence electrons. The highest BCUT2D eigenvalue weighted by Crippen LogP contribution is 2.35. The van der Waals surface area contributed by atoms with Gasteiger partial charge in [-0.05, 0) is 74.9 Å². The molecule has 2 saturated heterocycles. The molecule has 2 bridgehead atoms. The van der Waals surface area contributed by atoms with E-state index < -0.39 is 0 Å². The van der Waals surface area contributed by atoms with E-state index in [1.54, 1.807) is 6.92 Å². The first kappa shape index (κ1) is 20.4. The quantitative estimate of drug-likeness (QED) is 0.618. The van der Waals surface area contributed by atoms with Gasteiger partial charge < -0.3 is 15.0 Å². The molecular weight excluding hydrogens is 408 g/mol. The zero-order valence-corrected chi connectivity index (χ0v) is 18.8. The molecule has 2 fully saturated rings. The van der Waals surface area contributed by atoms with E-state index in [-0.39, 0.29) is 5.91 Å². The topological polar surface area (TPSA) is 67.4 Å². The lowest BCUT2D eigenvalue weighted by molar-refractivity contribution is -0.133. The average molecular weight is 437 g/mol. The number of hydrogen-bond donors (Lipinski definition) is 1. The van der Waals surface area contributed by atoms with Crippen molar-refractivity contribution in [3.8, 4) is 10.9 Å². The maximum atomic E-state index is 11.9. The number of rotatable bonds is 6. The first-order chi connectivity index (χ1) is 15.0. The maximum Gasteiger partial charge on any atom is 0.281 e. The van der Waals surface area contributed by atoms with E-state index >= 15 is 0 Å². The molecule has 1 amide bonds. The summed E-state index contributed by atoms with van der Waals surface area (Å²) in [5.74, 6) is 1.03. The average Bonchev–Trinajstić information content (AvgIpc) is 3.26. The van der Waals surface area contributed by atoms with E-state index in [4.69, 9.17) is 4.74 Å². The van der Waals surface area contributed by atoms with E-state index in [2.05, 4.69) is 38.4 Å². The van der Waals surface area contributed by atoms with Gasteiger partial charge in [0.05, 0.1) is 4.70 Å². The number of thiazole rings is 1. The Hall–Kier alpha value is -2.51. The van der Waals surface area contributed by atoms with Crippen LogP contribution in [-0.4, -0.2) is 45.4 Å². The Labute approximate surface area is 186 Å². The monoisotopic (exact) mass is 436 g/mol. The molecule has 3 atom stereocenters. The van der Waals surface area contributed by atoms with Crippen molar-refractivity contribution in [1.29, 1.82) is 0 Å². The number of piperidine rings is 1. The summed E-state index contributed by atoms with van der Waals surface area (Å²) in [5.41, 5.74) is 3.14. The van der Waals surface area contributed by atoms with Gasteiger partial charge in [-0.15, -0.1) is 0 Å². The van der Waals surface area contributed by atoms with Crippen molar-refractivity contribution in [1.82, 2.24) is 20.2 Å². The van der Waals surface area contributed by atoms with Crippen molar-refractivity contribution in [2.24, 2.45) is 0 Å². The summed E-state index contributed by atoms with van der Waals surface area (Å²) in [6.45, 7) is 4.69. The van der Waals surface area contributed by atoms with E-state index in [9.17, 15) is 4.79 Å². The molecule has 0 unspecified atom stereocenters. The van der Waals surface area contributed by atoms with E-state index in [0.29, 0.717) is 23.3 Å². The molecule has 0 aliphatic carbocycles. The number of carbonyl (C=O) groups excluding carboxylic acids is 1.